The standard InChI is InChI=1S/C15H13FO5/c1-15(14(19)20)6-5-12(11(8-15)13(17)18)21-10-4-2-3-9(16)7-10/h2-7H,8H2,1H3,(H,17,18)(H,19,20). The van der Waals surface area contributed by atoms with Crippen LogP contribution in [0.1, 0.15) is 13.3 Å². The van der Waals surface area contributed by atoms with E-state index >= 15 is 0 Å². The predicted octanol–water partition coefficient (Wildman–Crippen LogP) is 2.59. The van der Waals surface area contributed by atoms with Gasteiger partial charge in [-0.2, -0.15) is 0 Å². The van der Waals surface area contributed by atoms with E-state index in [-0.39, 0.29) is 23.5 Å². The molecule has 6 heteroatoms. The lowest BCUT2D eigenvalue weighted by Crippen LogP contribution is -2.30. The molecule has 1 aliphatic carbocycles. The zero-order valence-electron chi connectivity index (χ0n) is 11.2. The lowest BCUT2D eigenvalue weighted by atomic mass is 9.79. The largest absolute Gasteiger partial charge is 0.481 e. The van der Waals surface area contributed by atoms with Gasteiger partial charge in [-0.15, -0.1) is 0 Å². The number of hydrogen-bond acceptors (Lipinski definition) is 3. The maximum Gasteiger partial charge on any atom is 0.335 e. The van der Waals surface area contributed by atoms with E-state index in [0.29, 0.717) is 0 Å². The van der Waals surface area contributed by atoms with Crippen molar-refractivity contribution in [1.82, 2.24) is 0 Å². The summed E-state index contributed by atoms with van der Waals surface area (Å²) in [5, 5.41) is 18.4. The van der Waals surface area contributed by atoms with E-state index in [2.05, 4.69) is 0 Å². The summed E-state index contributed by atoms with van der Waals surface area (Å²) in [5.74, 6) is -2.75. The number of carboxylic acid groups (broad SMARTS) is 2. The Morgan fingerprint density at radius 2 is 2.05 bits per heavy atom. The molecule has 0 saturated heterocycles. The molecular weight excluding hydrogens is 279 g/mol. The van der Waals surface area contributed by atoms with Crippen LogP contribution in [0.4, 0.5) is 4.39 Å². The maximum absolute atomic E-state index is 13.1. The SMILES string of the molecule is CC1(C(=O)O)C=CC(Oc2cccc(F)c2)=C(C(=O)O)C1. The summed E-state index contributed by atoms with van der Waals surface area (Å²) in [7, 11) is 0. The highest BCUT2D eigenvalue weighted by molar-refractivity contribution is 5.91. The summed E-state index contributed by atoms with van der Waals surface area (Å²) in [6.45, 7) is 1.42. The van der Waals surface area contributed by atoms with Crippen LogP contribution in [0.2, 0.25) is 0 Å². The summed E-state index contributed by atoms with van der Waals surface area (Å²) >= 11 is 0. The van der Waals surface area contributed by atoms with Crippen molar-refractivity contribution in [1.29, 1.82) is 0 Å². The Morgan fingerprint density at radius 1 is 1.33 bits per heavy atom. The van der Waals surface area contributed by atoms with Gasteiger partial charge in [-0.1, -0.05) is 12.1 Å². The predicted molar refractivity (Wildman–Crippen MR) is 71.2 cm³/mol. The number of halogens is 1. The molecule has 0 saturated carbocycles. The van der Waals surface area contributed by atoms with Gasteiger partial charge in [-0.05, 0) is 25.1 Å². The summed E-state index contributed by atoms with van der Waals surface area (Å²) in [4.78, 5) is 22.5. The minimum absolute atomic E-state index is 0.00632. The first kappa shape index (κ1) is 14.8. The zero-order chi connectivity index (χ0) is 15.6. The summed E-state index contributed by atoms with van der Waals surface area (Å²) in [5.41, 5.74) is -1.46. The Morgan fingerprint density at radius 3 is 2.62 bits per heavy atom. The number of benzene rings is 1. The number of hydrogen-bond donors (Lipinski definition) is 2. The highest BCUT2D eigenvalue weighted by Crippen LogP contribution is 2.35. The van der Waals surface area contributed by atoms with Crippen molar-refractivity contribution in [2.24, 2.45) is 5.41 Å². The molecule has 5 nitrogen and oxygen atoms in total. The van der Waals surface area contributed by atoms with E-state index in [1.54, 1.807) is 0 Å². The Bertz CT molecular complexity index is 662. The highest BCUT2D eigenvalue weighted by Gasteiger charge is 2.37. The fourth-order valence-corrected chi connectivity index (χ4v) is 1.95. The van der Waals surface area contributed by atoms with Crippen molar-refractivity contribution in [3.8, 4) is 5.75 Å². The molecule has 2 rings (SSSR count). The number of carboxylic acids is 2. The van der Waals surface area contributed by atoms with E-state index in [4.69, 9.17) is 9.84 Å². The molecule has 0 radical (unpaired) electrons. The zero-order valence-corrected chi connectivity index (χ0v) is 11.2. The smallest absolute Gasteiger partial charge is 0.335 e. The van der Waals surface area contributed by atoms with Crippen LogP contribution in [0.25, 0.3) is 0 Å². The van der Waals surface area contributed by atoms with Gasteiger partial charge < -0.3 is 14.9 Å². The number of allylic oxidation sites excluding steroid dienone is 1. The number of ether oxygens (including phenoxy) is 1. The van der Waals surface area contributed by atoms with E-state index in [1.807, 2.05) is 0 Å². The molecule has 0 spiro atoms. The van der Waals surface area contributed by atoms with Gasteiger partial charge in [0.1, 0.15) is 17.3 Å². The molecule has 1 aliphatic rings. The van der Waals surface area contributed by atoms with Crippen molar-refractivity contribution < 1.29 is 28.9 Å². The number of carbonyl (C=O) groups is 2. The van der Waals surface area contributed by atoms with Gasteiger partial charge in [-0.25, -0.2) is 9.18 Å². The van der Waals surface area contributed by atoms with Crippen LogP contribution in [-0.4, -0.2) is 22.2 Å². The fraction of sp³-hybridized carbons (Fsp3) is 0.200. The average molecular weight is 292 g/mol. The lowest BCUT2D eigenvalue weighted by Gasteiger charge is -2.26. The first-order valence-corrected chi connectivity index (χ1v) is 6.14. The molecule has 2 N–H and O–H groups in total. The van der Waals surface area contributed by atoms with Gasteiger partial charge in [0, 0.05) is 12.5 Å². The molecule has 0 heterocycles. The highest BCUT2D eigenvalue weighted by atomic mass is 19.1. The molecule has 0 aromatic heterocycles. The molecular formula is C15H13FO5. The van der Waals surface area contributed by atoms with Crippen molar-refractivity contribution >= 4 is 11.9 Å². The molecule has 1 unspecified atom stereocenters. The van der Waals surface area contributed by atoms with Crippen LogP contribution in [0.3, 0.4) is 0 Å². The van der Waals surface area contributed by atoms with Crippen LogP contribution in [0, 0.1) is 11.2 Å². The molecule has 21 heavy (non-hydrogen) atoms. The molecule has 0 aliphatic heterocycles. The van der Waals surface area contributed by atoms with Crippen molar-refractivity contribution in [3.05, 3.63) is 53.6 Å². The quantitative estimate of drug-likeness (QED) is 0.891. The van der Waals surface area contributed by atoms with Crippen molar-refractivity contribution in [2.45, 2.75) is 13.3 Å². The fourth-order valence-electron chi connectivity index (χ4n) is 1.95. The maximum atomic E-state index is 13.1. The van der Waals surface area contributed by atoms with Crippen molar-refractivity contribution in [2.75, 3.05) is 0 Å². The topological polar surface area (TPSA) is 83.8 Å². The van der Waals surface area contributed by atoms with Crippen LogP contribution in [0.5, 0.6) is 5.75 Å². The van der Waals surface area contributed by atoms with Crippen LogP contribution >= 0.6 is 0 Å². The summed E-state index contributed by atoms with van der Waals surface area (Å²) in [6, 6.07) is 5.26. The average Bonchev–Trinajstić information content (AvgIpc) is 2.40. The first-order chi connectivity index (χ1) is 9.82. The summed E-state index contributed by atoms with van der Waals surface area (Å²) in [6.07, 6.45) is 2.46. The van der Waals surface area contributed by atoms with Gasteiger partial charge in [-0.3, -0.25) is 4.79 Å². The number of aliphatic carboxylic acids is 2. The van der Waals surface area contributed by atoms with Gasteiger partial charge in [0.25, 0.3) is 0 Å². The molecule has 0 bridgehead atoms. The Balaban J connectivity index is 2.35. The molecule has 1 atom stereocenters. The molecule has 1 aromatic rings. The number of rotatable bonds is 4. The van der Waals surface area contributed by atoms with E-state index in [0.717, 1.165) is 6.07 Å². The van der Waals surface area contributed by atoms with Crippen LogP contribution in [0.15, 0.2) is 47.7 Å². The molecule has 110 valence electrons. The lowest BCUT2D eigenvalue weighted by molar-refractivity contribution is -0.145. The minimum Gasteiger partial charge on any atom is -0.481 e. The Kier molecular flexibility index (Phi) is 3.80. The second-order valence-electron chi connectivity index (χ2n) is 4.94. The third-order valence-corrected chi connectivity index (χ3v) is 3.21. The van der Waals surface area contributed by atoms with E-state index in [9.17, 15) is 19.1 Å². The second-order valence-corrected chi connectivity index (χ2v) is 4.94. The minimum atomic E-state index is -1.30. The molecule has 1 aromatic carbocycles. The van der Waals surface area contributed by atoms with Gasteiger partial charge in [0.15, 0.2) is 0 Å². The third-order valence-electron chi connectivity index (χ3n) is 3.21. The Labute approximate surface area is 120 Å². The van der Waals surface area contributed by atoms with Crippen LogP contribution in [-0.2, 0) is 9.59 Å². The molecule has 0 fully saturated rings. The van der Waals surface area contributed by atoms with E-state index in [1.165, 1.54) is 37.3 Å². The summed E-state index contributed by atoms with van der Waals surface area (Å²) < 4.78 is 18.5. The van der Waals surface area contributed by atoms with Crippen molar-refractivity contribution in [3.63, 3.8) is 0 Å². The van der Waals surface area contributed by atoms with Gasteiger partial charge >= 0.3 is 11.9 Å². The van der Waals surface area contributed by atoms with Crippen LogP contribution < -0.4 is 4.74 Å². The second kappa shape index (κ2) is 5.40. The normalized spacial score (nSPS) is 21.2. The Hall–Kier alpha value is -2.63. The first-order valence-electron chi connectivity index (χ1n) is 6.14. The van der Waals surface area contributed by atoms with Gasteiger partial charge in [0.2, 0.25) is 0 Å². The van der Waals surface area contributed by atoms with Gasteiger partial charge in [0.05, 0.1) is 11.0 Å². The van der Waals surface area contributed by atoms with E-state index < -0.39 is 23.2 Å². The monoisotopic (exact) mass is 292 g/mol. The third kappa shape index (κ3) is 3.10. The molecule has 0 amide bonds.